The molecule has 1 atom stereocenters. The Balaban J connectivity index is 1.57. The third-order valence-electron chi connectivity index (χ3n) is 7.28. The Labute approximate surface area is 269 Å². The SMILES string of the molecule is CCOC(=O)C1=C(C)N=c2sc(=Cc3cc(Cl)c(OCc4ccc(Cl)cc4)c(OC)c3)c(=O)n2[C@@H]1c1ccc(C(C)C)cc1. The third-order valence-corrected chi connectivity index (χ3v) is 8.80. The van der Waals surface area contributed by atoms with Crippen LogP contribution in [0.3, 0.4) is 0 Å². The minimum atomic E-state index is -0.685. The Kier molecular flexibility index (Phi) is 9.63. The van der Waals surface area contributed by atoms with Crippen LogP contribution in [-0.4, -0.2) is 24.3 Å². The monoisotopic (exact) mass is 650 g/mol. The summed E-state index contributed by atoms with van der Waals surface area (Å²) in [7, 11) is 1.53. The highest BCUT2D eigenvalue weighted by Crippen LogP contribution is 2.37. The van der Waals surface area contributed by atoms with E-state index >= 15 is 0 Å². The van der Waals surface area contributed by atoms with Crippen molar-refractivity contribution in [2.24, 2.45) is 4.99 Å². The van der Waals surface area contributed by atoms with Gasteiger partial charge in [-0.2, -0.15) is 0 Å². The first-order valence-electron chi connectivity index (χ1n) is 14.2. The predicted molar refractivity (Wildman–Crippen MR) is 175 cm³/mol. The minimum Gasteiger partial charge on any atom is -0.493 e. The van der Waals surface area contributed by atoms with Gasteiger partial charge in [0, 0.05) is 5.02 Å². The molecule has 1 aliphatic rings. The average molecular weight is 652 g/mol. The minimum absolute atomic E-state index is 0.209. The number of hydrogen-bond donors (Lipinski definition) is 0. The molecule has 10 heteroatoms. The topological polar surface area (TPSA) is 79.1 Å². The molecule has 1 aromatic heterocycles. The number of fused-ring (bicyclic) bond motifs is 1. The molecule has 0 aliphatic carbocycles. The molecule has 2 heterocycles. The van der Waals surface area contributed by atoms with E-state index in [0.29, 0.717) is 53.6 Å². The molecule has 5 rings (SSSR count). The van der Waals surface area contributed by atoms with Crippen molar-refractivity contribution in [3.05, 3.63) is 124 Å². The van der Waals surface area contributed by atoms with Crippen LogP contribution in [0.4, 0.5) is 0 Å². The maximum absolute atomic E-state index is 14.0. The third kappa shape index (κ3) is 6.48. The molecule has 0 saturated heterocycles. The van der Waals surface area contributed by atoms with Gasteiger partial charge < -0.3 is 14.2 Å². The van der Waals surface area contributed by atoms with Crippen LogP contribution in [0.2, 0.25) is 10.0 Å². The molecular weight excluding hydrogens is 619 g/mol. The van der Waals surface area contributed by atoms with E-state index in [1.807, 2.05) is 36.4 Å². The normalized spacial score (nSPS) is 14.8. The van der Waals surface area contributed by atoms with Gasteiger partial charge in [-0.05, 0) is 72.4 Å². The van der Waals surface area contributed by atoms with Crippen molar-refractivity contribution in [2.45, 2.75) is 46.3 Å². The maximum Gasteiger partial charge on any atom is 0.338 e. The lowest BCUT2D eigenvalue weighted by atomic mass is 9.93. The molecule has 0 unspecified atom stereocenters. The average Bonchev–Trinajstić information content (AvgIpc) is 3.30. The molecular formula is C34H32Cl2N2O5S. The number of ether oxygens (including phenoxy) is 3. The number of methoxy groups -OCH3 is 1. The van der Waals surface area contributed by atoms with Crippen molar-refractivity contribution in [3.8, 4) is 11.5 Å². The largest absolute Gasteiger partial charge is 0.493 e. The smallest absolute Gasteiger partial charge is 0.338 e. The van der Waals surface area contributed by atoms with Crippen molar-refractivity contribution in [3.63, 3.8) is 0 Å². The van der Waals surface area contributed by atoms with E-state index in [9.17, 15) is 9.59 Å². The Morgan fingerprint density at radius 3 is 2.43 bits per heavy atom. The van der Waals surface area contributed by atoms with Gasteiger partial charge in [-0.25, -0.2) is 9.79 Å². The van der Waals surface area contributed by atoms with Gasteiger partial charge in [-0.15, -0.1) is 0 Å². The highest BCUT2D eigenvalue weighted by molar-refractivity contribution is 7.07. The molecule has 0 bridgehead atoms. The molecule has 4 aromatic rings. The van der Waals surface area contributed by atoms with Gasteiger partial charge in [0.2, 0.25) is 0 Å². The summed E-state index contributed by atoms with van der Waals surface area (Å²) in [6, 6.07) is 18.1. The molecule has 0 fully saturated rings. The lowest BCUT2D eigenvalue weighted by Gasteiger charge is -2.25. The van der Waals surface area contributed by atoms with Crippen molar-refractivity contribution < 1.29 is 19.0 Å². The number of thiazole rings is 1. The molecule has 44 heavy (non-hydrogen) atoms. The van der Waals surface area contributed by atoms with E-state index in [4.69, 9.17) is 37.4 Å². The Hall–Kier alpha value is -3.85. The molecule has 0 radical (unpaired) electrons. The van der Waals surface area contributed by atoms with Gasteiger partial charge in [-0.3, -0.25) is 9.36 Å². The summed E-state index contributed by atoms with van der Waals surface area (Å²) in [4.78, 5) is 32.3. The molecule has 1 aliphatic heterocycles. The summed E-state index contributed by atoms with van der Waals surface area (Å²) in [6.45, 7) is 8.24. The fraction of sp³-hybridized carbons (Fsp3) is 0.265. The van der Waals surface area contributed by atoms with Crippen molar-refractivity contribution in [1.29, 1.82) is 0 Å². The van der Waals surface area contributed by atoms with Gasteiger partial charge in [0.1, 0.15) is 6.61 Å². The number of allylic oxidation sites excluding steroid dienone is 1. The quantitative estimate of drug-likeness (QED) is 0.186. The first kappa shape index (κ1) is 31.6. The van der Waals surface area contributed by atoms with Crippen LogP contribution < -0.4 is 24.4 Å². The number of aromatic nitrogens is 1. The molecule has 3 aromatic carbocycles. The number of esters is 1. The van der Waals surface area contributed by atoms with Crippen molar-refractivity contribution >= 4 is 46.6 Å². The van der Waals surface area contributed by atoms with Crippen LogP contribution in [0.5, 0.6) is 11.5 Å². The number of carbonyl (C=O) groups is 1. The Morgan fingerprint density at radius 2 is 1.80 bits per heavy atom. The fourth-order valence-electron chi connectivity index (χ4n) is 5.02. The Morgan fingerprint density at radius 1 is 1.09 bits per heavy atom. The standard InChI is InChI=1S/C34H32Cl2N2O5S/c1-6-42-33(40)29-20(4)37-34-38(30(29)24-11-9-23(10-12-24)19(2)3)32(39)28(44-34)17-22-15-26(36)31(27(16-22)41-5)43-18-21-7-13-25(35)14-8-21/h7-17,19,30H,6,18H2,1-5H3/t30-/m1/s1. The molecule has 7 nitrogen and oxygen atoms in total. The fourth-order valence-corrected chi connectivity index (χ4v) is 6.47. The number of hydrogen-bond acceptors (Lipinski definition) is 7. The van der Waals surface area contributed by atoms with E-state index in [-0.39, 0.29) is 18.8 Å². The first-order chi connectivity index (χ1) is 21.1. The summed E-state index contributed by atoms with van der Waals surface area (Å²) in [5.74, 6) is 0.661. The van der Waals surface area contributed by atoms with Crippen LogP contribution in [0.1, 0.15) is 61.9 Å². The Bertz CT molecular complexity index is 1910. The van der Waals surface area contributed by atoms with E-state index in [1.54, 1.807) is 48.8 Å². The van der Waals surface area contributed by atoms with Crippen molar-refractivity contribution in [1.82, 2.24) is 4.57 Å². The number of nitrogens with zero attached hydrogens (tertiary/aromatic N) is 2. The number of carbonyl (C=O) groups excluding carboxylic acids is 1. The first-order valence-corrected chi connectivity index (χ1v) is 15.7. The van der Waals surface area contributed by atoms with Gasteiger partial charge >= 0.3 is 5.97 Å². The van der Waals surface area contributed by atoms with E-state index < -0.39 is 12.0 Å². The number of benzene rings is 3. The van der Waals surface area contributed by atoms with Crippen LogP contribution in [0.15, 0.2) is 81.7 Å². The van der Waals surface area contributed by atoms with Crippen LogP contribution in [0, 0.1) is 0 Å². The zero-order valence-corrected chi connectivity index (χ0v) is 27.3. The summed E-state index contributed by atoms with van der Waals surface area (Å²) in [5.41, 5.74) is 4.10. The second-order valence-electron chi connectivity index (χ2n) is 10.6. The van der Waals surface area contributed by atoms with Crippen molar-refractivity contribution in [2.75, 3.05) is 13.7 Å². The lowest BCUT2D eigenvalue weighted by molar-refractivity contribution is -0.139. The van der Waals surface area contributed by atoms with Crippen LogP contribution in [-0.2, 0) is 16.1 Å². The predicted octanol–water partition coefficient (Wildman–Crippen LogP) is 6.82. The number of rotatable bonds is 9. The van der Waals surface area contributed by atoms with E-state index in [2.05, 4.69) is 18.8 Å². The van der Waals surface area contributed by atoms with E-state index in [1.165, 1.54) is 18.4 Å². The molecule has 0 saturated carbocycles. The summed E-state index contributed by atoms with van der Waals surface area (Å²) >= 11 is 13.9. The molecule has 0 spiro atoms. The van der Waals surface area contributed by atoms with Crippen LogP contribution in [0.25, 0.3) is 6.08 Å². The summed E-state index contributed by atoms with van der Waals surface area (Å²) < 4.78 is 19.0. The van der Waals surface area contributed by atoms with E-state index in [0.717, 1.165) is 16.7 Å². The molecule has 0 N–H and O–H groups in total. The van der Waals surface area contributed by atoms with Gasteiger partial charge in [0.25, 0.3) is 5.56 Å². The number of halogens is 2. The van der Waals surface area contributed by atoms with Gasteiger partial charge in [-0.1, -0.05) is 84.8 Å². The summed E-state index contributed by atoms with van der Waals surface area (Å²) in [5, 5.41) is 0.975. The summed E-state index contributed by atoms with van der Waals surface area (Å²) in [6.07, 6.45) is 1.74. The van der Waals surface area contributed by atoms with Gasteiger partial charge in [0.15, 0.2) is 16.3 Å². The van der Waals surface area contributed by atoms with Gasteiger partial charge in [0.05, 0.1) is 40.6 Å². The second-order valence-corrected chi connectivity index (χ2v) is 12.4. The lowest BCUT2D eigenvalue weighted by Crippen LogP contribution is -2.39. The second kappa shape index (κ2) is 13.4. The molecule has 228 valence electrons. The highest BCUT2D eigenvalue weighted by Gasteiger charge is 2.33. The zero-order chi connectivity index (χ0) is 31.5. The zero-order valence-electron chi connectivity index (χ0n) is 25.0. The highest BCUT2D eigenvalue weighted by atomic mass is 35.5. The maximum atomic E-state index is 14.0. The molecule has 0 amide bonds. The van der Waals surface area contributed by atoms with Crippen LogP contribution >= 0.6 is 34.5 Å².